The van der Waals surface area contributed by atoms with Crippen LogP contribution in [-0.2, 0) is 17.5 Å². The second kappa shape index (κ2) is 8.82. The number of aromatic nitrogens is 2. The van der Waals surface area contributed by atoms with E-state index < -0.39 is 29.8 Å². The third-order valence-electron chi connectivity index (χ3n) is 5.27. The predicted octanol–water partition coefficient (Wildman–Crippen LogP) is 5.91. The first-order valence-electron chi connectivity index (χ1n) is 10.2. The summed E-state index contributed by atoms with van der Waals surface area (Å²) in [5, 5.41) is 4.47. The molecule has 2 heterocycles. The molecule has 0 atom stereocenters. The number of anilines is 1. The summed E-state index contributed by atoms with van der Waals surface area (Å²) < 4.78 is 40.7. The van der Waals surface area contributed by atoms with E-state index in [4.69, 9.17) is 0 Å². The SMILES string of the molecule is CC(C)c1ccc(-c2csc3ncn(CC(=O)Nc4ccccc4C(F)(F)F)c(=O)c23)cc1. The van der Waals surface area contributed by atoms with Gasteiger partial charge in [-0.15, -0.1) is 11.3 Å². The van der Waals surface area contributed by atoms with Gasteiger partial charge in [0.15, 0.2) is 0 Å². The summed E-state index contributed by atoms with van der Waals surface area (Å²) in [4.78, 5) is 30.4. The number of thiophene rings is 1. The molecule has 0 aliphatic carbocycles. The summed E-state index contributed by atoms with van der Waals surface area (Å²) in [6.07, 6.45) is -3.38. The molecule has 0 unspecified atom stereocenters. The fourth-order valence-electron chi connectivity index (χ4n) is 3.52. The lowest BCUT2D eigenvalue weighted by Gasteiger charge is -2.14. The Balaban J connectivity index is 1.64. The molecule has 0 saturated carbocycles. The number of fused-ring (bicyclic) bond motifs is 1. The topological polar surface area (TPSA) is 64.0 Å². The molecule has 1 N–H and O–H groups in total. The number of benzene rings is 2. The number of halogens is 3. The molecule has 0 radical (unpaired) electrons. The number of nitrogens with zero attached hydrogens (tertiary/aromatic N) is 2. The Morgan fingerprint density at radius 1 is 1.12 bits per heavy atom. The highest BCUT2D eigenvalue weighted by Crippen LogP contribution is 2.35. The fraction of sp³-hybridized carbons (Fsp3) is 0.208. The van der Waals surface area contributed by atoms with Crippen LogP contribution in [0.15, 0.2) is 65.0 Å². The fourth-order valence-corrected chi connectivity index (χ4v) is 4.43. The van der Waals surface area contributed by atoms with Crippen molar-refractivity contribution in [3.05, 3.63) is 81.7 Å². The molecule has 170 valence electrons. The largest absolute Gasteiger partial charge is 0.418 e. The maximum Gasteiger partial charge on any atom is 0.418 e. The quantitative estimate of drug-likeness (QED) is 0.394. The van der Waals surface area contributed by atoms with Crippen molar-refractivity contribution in [3.8, 4) is 11.1 Å². The molecular formula is C24H20F3N3O2S. The van der Waals surface area contributed by atoms with Gasteiger partial charge in [-0.25, -0.2) is 4.98 Å². The molecule has 1 amide bonds. The van der Waals surface area contributed by atoms with Crippen molar-refractivity contribution in [2.24, 2.45) is 0 Å². The monoisotopic (exact) mass is 471 g/mol. The van der Waals surface area contributed by atoms with Crippen molar-refractivity contribution in [3.63, 3.8) is 0 Å². The van der Waals surface area contributed by atoms with Gasteiger partial charge in [-0.1, -0.05) is 50.2 Å². The van der Waals surface area contributed by atoms with Gasteiger partial charge in [-0.3, -0.25) is 14.2 Å². The lowest BCUT2D eigenvalue weighted by atomic mass is 9.99. The van der Waals surface area contributed by atoms with Crippen LogP contribution in [0.4, 0.5) is 18.9 Å². The van der Waals surface area contributed by atoms with E-state index in [9.17, 15) is 22.8 Å². The van der Waals surface area contributed by atoms with Crippen molar-refractivity contribution in [2.45, 2.75) is 32.5 Å². The number of amides is 1. The molecule has 4 aromatic rings. The molecule has 0 bridgehead atoms. The zero-order chi connectivity index (χ0) is 23.8. The van der Waals surface area contributed by atoms with Crippen LogP contribution in [0.3, 0.4) is 0 Å². The second-order valence-electron chi connectivity index (χ2n) is 7.88. The molecule has 4 rings (SSSR count). The maximum atomic E-state index is 13.2. The summed E-state index contributed by atoms with van der Waals surface area (Å²) in [6.45, 7) is 3.72. The average Bonchev–Trinajstić information content (AvgIpc) is 3.20. The van der Waals surface area contributed by atoms with Gasteiger partial charge in [-0.2, -0.15) is 13.2 Å². The molecule has 0 fully saturated rings. The number of alkyl halides is 3. The number of nitrogens with one attached hydrogen (secondary N) is 1. The van der Waals surface area contributed by atoms with E-state index in [1.54, 1.807) is 0 Å². The first-order chi connectivity index (χ1) is 15.6. The first kappa shape index (κ1) is 22.7. The Bertz CT molecular complexity index is 1370. The van der Waals surface area contributed by atoms with E-state index in [0.29, 0.717) is 21.7 Å². The van der Waals surface area contributed by atoms with Crippen LogP contribution in [0, 0.1) is 0 Å². The minimum Gasteiger partial charge on any atom is -0.324 e. The van der Waals surface area contributed by atoms with Gasteiger partial charge in [0.1, 0.15) is 11.4 Å². The number of hydrogen-bond acceptors (Lipinski definition) is 4. The molecule has 5 nitrogen and oxygen atoms in total. The van der Waals surface area contributed by atoms with Crippen molar-refractivity contribution in [1.82, 2.24) is 9.55 Å². The zero-order valence-electron chi connectivity index (χ0n) is 17.8. The smallest absolute Gasteiger partial charge is 0.324 e. The van der Waals surface area contributed by atoms with Crippen LogP contribution in [0.25, 0.3) is 21.3 Å². The highest BCUT2D eigenvalue weighted by atomic mass is 32.1. The molecule has 0 saturated heterocycles. The Hall–Kier alpha value is -3.46. The van der Waals surface area contributed by atoms with Crippen molar-refractivity contribution >= 4 is 33.1 Å². The van der Waals surface area contributed by atoms with Gasteiger partial charge in [0, 0.05) is 10.9 Å². The van der Waals surface area contributed by atoms with Crippen LogP contribution in [0.2, 0.25) is 0 Å². The van der Waals surface area contributed by atoms with Gasteiger partial charge in [0.25, 0.3) is 5.56 Å². The highest BCUT2D eigenvalue weighted by Gasteiger charge is 2.33. The van der Waals surface area contributed by atoms with Crippen LogP contribution in [-0.4, -0.2) is 15.5 Å². The van der Waals surface area contributed by atoms with Crippen LogP contribution in [0.1, 0.15) is 30.9 Å². The standard InChI is InChI=1S/C24H20F3N3O2S/c1-14(2)15-7-9-16(10-8-15)17-12-33-22-21(17)23(32)30(13-28-22)11-20(31)29-19-6-4-3-5-18(19)24(25,26)27/h3-10,12-14H,11H2,1-2H3,(H,29,31). The molecule has 0 spiro atoms. The number of para-hydroxylation sites is 1. The summed E-state index contributed by atoms with van der Waals surface area (Å²) in [5.41, 5.74) is 0.988. The first-order valence-corrected chi connectivity index (χ1v) is 11.1. The Labute approximate surface area is 191 Å². The normalized spacial score (nSPS) is 11.8. The van der Waals surface area contributed by atoms with Gasteiger partial charge < -0.3 is 5.32 Å². The van der Waals surface area contributed by atoms with Crippen LogP contribution >= 0.6 is 11.3 Å². The molecule has 2 aromatic carbocycles. The van der Waals surface area contributed by atoms with Gasteiger partial charge in [0.2, 0.25) is 5.91 Å². The minimum atomic E-state index is -4.61. The zero-order valence-corrected chi connectivity index (χ0v) is 18.6. The van der Waals surface area contributed by atoms with Crippen LogP contribution < -0.4 is 10.9 Å². The van der Waals surface area contributed by atoms with E-state index in [-0.39, 0.29) is 5.69 Å². The van der Waals surface area contributed by atoms with E-state index in [0.717, 1.165) is 16.2 Å². The number of hydrogen-bond donors (Lipinski definition) is 1. The average molecular weight is 472 g/mol. The molecule has 2 aromatic heterocycles. The molecule has 0 aliphatic heterocycles. The highest BCUT2D eigenvalue weighted by molar-refractivity contribution is 7.17. The Morgan fingerprint density at radius 2 is 1.82 bits per heavy atom. The second-order valence-corrected chi connectivity index (χ2v) is 8.73. The van der Waals surface area contributed by atoms with E-state index in [1.807, 2.05) is 29.6 Å². The molecule has 9 heteroatoms. The Kier molecular flexibility index (Phi) is 6.07. The van der Waals surface area contributed by atoms with Gasteiger partial charge in [0.05, 0.1) is 23.0 Å². The molecular weight excluding hydrogens is 451 g/mol. The van der Waals surface area contributed by atoms with Crippen molar-refractivity contribution in [2.75, 3.05) is 5.32 Å². The third-order valence-corrected chi connectivity index (χ3v) is 6.16. The van der Waals surface area contributed by atoms with Gasteiger partial charge in [-0.05, 0) is 29.2 Å². The summed E-state index contributed by atoms with van der Waals surface area (Å²) in [5.74, 6) is -0.383. The summed E-state index contributed by atoms with van der Waals surface area (Å²) in [6, 6.07) is 12.6. The summed E-state index contributed by atoms with van der Waals surface area (Å²) in [7, 11) is 0. The number of carbonyl (C=O) groups excluding carboxylic acids is 1. The summed E-state index contributed by atoms with van der Waals surface area (Å²) >= 11 is 1.32. The molecule has 0 aliphatic rings. The number of carbonyl (C=O) groups is 1. The maximum absolute atomic E-state index is 13.2. The lowest BCUT2D eigenvalue weighted by molar-refractivity contribution is -0.137. The van der Waals surface area contributed by atoms with E-state index in [1.165, 1.54) is 41.4 Å². The molecule has 33 heavy (non-hydrogen) atoms. The van der Waals surface area contributed by atoms with Gasteiger partial charge >= 0.3 is 6.18 Å². The third kappa shape index (κ3) is 4.68. The lowest BCUT2D eigenvalue weighted by Crippen LogP contribution is -2.28. The predicted molar refractivity (Wildman–Crippen MR) is 123 cm³/mol. The van der Waals surface area contributed by atoms with E-state index >= 15 is 0 Å². The number of rotatable bonds is 5. The van der Waals surface area contributed by atoms with Crippen molar-refractivity contribution < 1.29 is 18.0 Å². The van der Waals surface area contributed by atoms with Crippen molar-refractivity contribution in [1.29, 1.82) is 0 Å². The van der Waals surface area contributed by atoms with E-state index in [2.05, 4.69) is 24.1 Å². The minimum absolute atomic E-state index is 0.362. The van der Waals surface area contributed by atoms with Crippen LogP contribution in [0.5, 0.6) is 0 Å². The Morgan fingerprint density at radius 3 is 2.48 bits per heavy atom.